The summed E-state index contributed by atoms with van der Waals surface area (Å²) in [6, 6.07) is 13.4. The van der Waals surface area contributed by atoms with E-state index < -0.39 is 29.5 Å². The highest BCUT2D eigenvalue weighted by molar-refractivity contribution is 6.04. The van der Waals surface area contributed by atoms with Crippen molar-refractivity contribution in [3.8, 4) is 0 Å². The Bertz CT molecular complexity index is 869. The van der Waals surface area contributed by atoms with E-state index in [1.165, 1.54) is 0 Å². The van der Waals surface area contributed by atoms with Gasteiger partial charge in [0.05, 0.1) is 17.6 Å². The molecule has 1 saturated heterocycles. The fraction of sp³-hybridized carbons (Fsp3) is 0.263. The van der Waals surface area contributed by atoms with Crippen LogP contribution < -0.4 is 5.32 Å². The Morgan fingerprint density at radius 1 is 1.17 bits per heavy atom. The number of ether oxygens (including phenoxy) is 1. The summed E-state index contributed by atoms with van der Waals surface area (Å²) >= 11 is 0. The molecule has 4 rings (SSSR count). The number of amides is 1. The first-order valence-electron chi connectivity index (χ1n) is 7.88. The second kappa shape index (κ2) is 5.18. The molecule has 0 aliphatic carbocycles. The van der Waals surface area contributed by atoms with Gasteiger partial charge in [-0.05, 0) is 18.4 Å². The van der Waals surface area contributed by atoms with Gasteiger partial charge in [0.15, 0.2) is 0 Å². The lowest BCUT2D eigenvalue weighted by atomic mass is 9.75. The van der Waals surface area contributed by atoms with Gasteiger partial charge >= 0.3 is 5.97 Å². The van der Waals surface area contributed by atoms with Crippen LogP contribution in [-0.2, 0) is 14.3 Å². The van der Waals surface area contributed by atoms with E-state index in [4.69, 9.17) is 4.74 Å². The normalized spacial score (nSPS) is 30.6. The van der Waals surface area contributed by atoms with Crippen molar-refractivity contribution >= 4 is 28.3 Å². The average Bonchev–Trinajstić information content (AvgIpc) is 3.08. The van der Waals surface area contributed by atoms with Gasteiger partial charge in [-0.1, -0.05) is 48.6 Å². The molecule has 5 nitrogen and oxygen atoms in total. The molecule has 0 aromatic heterocycles. The lowest BCUT2D eigenvalue weighted by molar-refractivity contribution is -0.146. The van der Waals surface area contributed by atoms with Crippen molar-refractivity contribution < 1.29 is 19.4 Å². The molecule has 2 aliphatic rings. The van der Waals surface area contributed by atoms with E-state index in [0.29, 0.717) is 5.69 Å². The maximum absolute atomic E-state index is 12.9. The molecule has 0 radical (unpaired) electrons. The van der Waals surface area contributed by atoms with Gasteiger partial charge < -0.3 is 15.2 Å². The molecule has 0 saturated carbocycles. The van der Waals surface area contributed by atoms with Gasteiger partial charge in [0.2, 0.25) is 5.91 Å². The Kier molecular flexibility index (Phi) is 3.21. The molecule has 2 aliphatic heterocycles. The highest BCUT2D eigenvalue weighted by Crippen LogP contribution is 2.47. The topological polar surface area (TPSA) is 75.6 Å². The van der Waals surface area contributed by atoms with E-state index in [1.807, 2.05) is 42.5 Å². The molecule has 4 atom stereocenters. The number of fused-ring (bicyclic) bond motifs is 3. The van der Waals surface area contributed by atoms with E-state index in [-0.39, 0.29) is 5.91 Å². The number of carboxylic acids is 1. The highest BCUT2D eigenvalue weighted by atomic mass is 16.5. The van der Waals surface area contributed by atoms with Crippen LogP contribution in [0.5, 0.6) is 0 Å². The summed E-state index contributed by atoms with van der Waals surface area (Å²) in [5.74, 6) is -2.96. The number of hydrogen-bond acceptors (Lipinski definition) is 3. The Morgan fingerprint density at radius 2 is 1.92 bits per heavy atom. The summed E-state index contributed by atoms with van der Waals surface area (Å²) < 4.78 is 5.74. The molecule has 2 bridgehead atoms. The molecule has 1 amide bonds. The van der Waals surface area contributed by atoms with E-state index in [9.17, 15) is 14.7 Å². The molecule has 122 valence electrons. The Morgan fingerprint density at radius 3 is 2.71 bits per heavy atom. The lowest BCUT2D eigenvalue weighted by Gasteiger charge is -2.28. The molecule has 2 aromatic rings. The highest BCUT2D eigenvalue weighted by Gasteiger charge is 2.59. The van der Waals surface area contributed by atoms with Crippen molar-refractivity contribution in [1.29, 1.82) is 0 Å². The van der Waals surface area contributed by atoms with E-state index in [1.54, 1.807) is 19.1 Å². The quantitative estimate of drug-likeness (QED) is 0.852. The number of hydrogen-bond donors (Lipinski definition) is 2. The van der Waals surface area contributed by atoms with Crippen molar-refractivity contribution in [2.75, 3.05) is 5.32 Å². The molecule has 2 aromatic carbocycles. The van der Waals surface area contributed by atoms with E-state index >= 15 is 0 Å². The van der Waals surface area contributed by atoms with Gasteiger partial charge in [-0.2, -0.15) is 0 Å². The number of aliphatic carboxylic acids is 1. The number of anilines is 1. The summed E-state index contributed by atoms with van der Waals surface area (Å²) in [5.41, 5.74) is -0.194. The minimum atomic E-state index is -1.01. The number of nitrogens with one attached hydrogen (secondary N) is 1. The van der Waals surface area contributed by atoms with Crippen molar-refractivity contribution in [1.82, 2.24) is 0 Å². The van der Waals surface area contributed by atoms with Crippen LogP contribution in [0.2, 0.25) is 0 Å². The third-order valence-corrected chi connectivity index (χ3v) is 4.95. The van der Waals surface area contributed by atoms with Gasteiger partial charge in [0.1, 0.15) is 5.92 Å². The van der Waals surface area contributed by atoms with Crippen LogP contribution in [0.3, 0.4) is 0 Å². The zero-order valence-corrected chi connectivity index (χ0v) is 13.1. The molecule has 5 heteroatoms. The van der Waals surface area contributed by atoms with Crippen LogP contribution in [0.4, 0.5) is 5.69 Å². The Hall–Kier alpha value is -2.66. The summed E-state index contributed by atoms with van der Waals surface area (Å²) in [6.07, 6.45) is 2.99. The fourth-order valence-corrected chi connectivity index (χ4v) is 3.83. The summed E-state index contributed by atoms with van der Waals surface area (Å²) in [7, 11) is 0. The van der Waals surface area contributed by atoms with Crippen molar-refractivity contribution in [2.24, 2.45) is 11.8 Å². The minimum Gasteiger partial charge on any atom is -0.481 e. The molecule has 2 heterocycles. The molecule has 0 spiro atoms. The molecule has 1 fully saturated rings. The number of carboxylic acid groups (broad SMARTS) is 1. The van der Waals surface area contributed by atoms with Gasteiger partial charge in [-0.15, -0.1) is 0 Å². The summed E-state index contributed by atoms with van der Waals surface area (Å²) in [4.78, 5) is 24.5. The number of carbonyl (C=O) groups is 2. The second-order valence-electron chi connectivity index (χ2n) is 6.48. The van der Waals surface area contributed by atoms with Gasteiger partial charge in [0.25, 0.3) is 0 Å². The van der Waals surface area contributed by atoms with Crippen LogP contribution in [0, 0.1) is 11.8 Å². The first kappa shape index (κ1) is 14.9. The SMILES string of the molecule is CC12C=CC(O1)C(C(=O)O)C2C(=O)Nc1cccc2ccccc12. The molecule has 2 N–H and O–H groups in total. The fourth-order valence-electron chi connectivity index (χ4n) is 3.83. The van der Waals surface area contributed by atoms with Crippen molar-refractivity contribution in [3.05, 3.63) is 54.6 Å². The maximum atomic E-state index is 12.9. The lowest BCUT2D eigenvalue weighted by Crippen LogP contribution is -2.44. The zero-order valence-electron chi connectivity index (χ0n) is 13.1. The third-order valence-electron chi connectivity index (χ3n) is 4.95. The Labute approximate surface area is 138 Å². The van der Waals surface area contributed by atoms with Gasteiger partial charge in [-0.25, -0.2) is 0 Å². The average molecular weight is 323 g/mol. The molecular formula is C19H17NO4. The summed E-state index contributed by atoms with van der Waals surface area (Å²) in [6.45, 7) is 1.76. The van der Waals surface area contributed by atoms with Crippen LogP contribution in [0.15, 0.2) is 54.6 Å². The summed E-state index contributed by atoms with van der Waals surface area (Å²) in [5, 5.41) is 14.4. The monoisotopic (exact) mass is 323 g/mol. The third kappa shape index (κ3) is 2.12. The number of benzene rings is 2. The standard InChI is InChI=1S/C19H17NO4/c1-19-10-9-14(24-19)15(18(22)23)16(19)17(21)20-13-8-4-6-11-5-2-3-7-12(11)13/h2-10,14-16H,1H3,(H,20,21)(H,22,23). The molecule has 4 unspecified atom stereocenters. The molecular weight excluding hydrogens is 306 g/mol. The largest absolute Gasteiger partial charge is 0.481 e. The van der Waals surface area contributed by atoms with Crippen molar-refractivity contribution in [3.63, 3.8) is 0 Å². The van der Waals surface area contributed by atoms with E-state index in [0.717, 1.165) is 10.8 Å². The van der Waals surface area contributed by atoms with Crippen molar-refractivity contribution in [2.45, 2.75) is 18.6 Å². The first-order chi connectivity index (χ1) is 11.5. The second-order valence-corrected chi connectivity index (χ2v) is 6.48. The van der Waals surface area contributed by atoms with Gasteiger partial charge in [0, 0.05) is 11.1 Å². The maximum Gasteiger partial charge on any atom is 0.310 e. The van der Waals surface area contributed by atoms with E-state index in [2.05, 4.69) is 5.32 Å². The zero-order chi connectivity index (χ0) is 16.9. The number of carbonyl (C=O) groups excluding carboxylic acids is 1. The van der Waals surface area contributed by atoms with Crippen LogP contribution in [0.1, 0.15) is 6.92 Å². The Balaban J connectivity index is 1.68. The van der Waals surface area contributed by atoms with Crippen LogP contribution in [-0.4, -0.2) is 28.7 Å². The predicted molar refractivity (Wildman–Crippen MR) is 89.6 cm³/mol. The smallest absolute Gasteiger partial charge is 0.310 e. The van der Waals surface area contributed by atoms with Crippen LogP contribution in [0.25, 0.3) is 10.8 Å². The first-order valence-corrected chi connectivity index (χ1v) is 7.88. The van der Waals surface area contributed by atoms with Gasteiger partial charge in [-0.3, -0.25) is 9.59 Å². The predicted octanol–water partition coefficient (Wildman–Crippen LogP) is 2.82. The molecule has 24 heavy (non-hydrogen) atoms. The minimum absolute atomic E-state index is 0.326. The van der Waals surface area contributed by atoms with Crippen LogP contribution >= 0.6 is 0 Å². The number of rotatable bonds is 3.